The Morgan fingerprint density at radius 3 is 2.87 bits per heavy atom. The molecule has 2 heterocycles. The topological polar surface area (TPSA) is 29.5 Å². The van der Waals surface area contributed by atoms with E-state index in [4.69, 9.17) is 4.74 Å². The van der Waals surface area contributed by atoms with Crippen LogP contribution in [0.3, 0.4) is 0 Å². The summed E-state index contributed by atoms with van der Waals surface area (Å²) in [5, 5.41) is 10.3. The quantitative estimate of drug-likeness (QED) is 0.904. The maximum absolute atomic E-state index is 10.3. The molecule has 0 bridgehead atoms. The van der Waals surface area contributed by atoms with Crippen LogP contribution in [0.1, 0.15) is 36.3 Å². The van der Waals surface area contributed by atoms with Crippen molar-refractivity contribution in [1.29, 1.82) is 0 Å². The van der Waals surface area contributed by atoms with Crippen molar-refractivity contribution in [1.82, 2.24) is 0 Å². The molecule has 1 aromatic rings. The molecular formula is C11H15BrO2S. The fraction of sp³-hybridized carbons (Fsp3) is 0.636. The average Bonchev–Trinajstić information content (AvgIpc) is 2.73. The van der Waals surface area contributed by atoms with Gasteiger partial charge in [-0.25, -0.2) is 0 Å². The fourth-order valence-corrected chi connectivity index (χ4v) is 3.82. The molecule has 1 saturated heterocycles. The van der Waals surface area contributed by atoms with Gasteiger partial charge >= 0.3 is 0 Å². The minimum Gasteiger partial charge on any atom is -0.385 e. The molecule has 2 atom stereocenters. The first-order valence-corrected chi connectivity index (χ1v) is 6.72. The molecule has 2 unspecified atom stereocenters. The number of halogens is 1. The Kier molecular flexibility index (Phi) is 3.22. The molecule has 0 aliphatic carbocycles. The molecule has 2 nitrogen and oxygen atoms in total. The third-order valence-corrected chi connectivity index (χ3v) is 4.62. The Morgan fingerprint density at radius 2 is 2.40 bits per heavy atom. The van der Waals surface area contributed by atoms with Gasteiger partial charge in [0.25, 0.3) is 0 Å². The van der Waals surface area contributed by atoms with Crippen LogP contribution in [-0.2, 0) is 4.74 Å². The second kappa shape index (κ2) is 4.17. The SMILES string of the molecule is Cc1sc(Br)cc1C(O)C1(C)CCCO1. The van der Waals surface area contributed by atoms with Crippen LogP contribution in [0.25, 0.3) is 0 Å². The van der Waals surface area contributed by atoms with Gasteiger partial charge in [0.15, 0.2) is 0 Å². The van der Waals surface area contributed by atoms with Gasteiger partial charge in [0, 0.05) is 11.5 Å². The van der Waals surface area contributed by atoms with Crippen molar-refractivity contribution in [3.8, 4) is 0 Å². The van der Waals surface area contributed by atoms with Crippen molar-refractivity contribution >= 4 is 27.3 Å². The minimum absolute atomic E-state index is 0.398. The predicted molar refractivity (Wildman–Crippen MR) is 65.3 cm³/mol. The smallest absolute Gasteiger partial charge is 0.109 e. The molecule has 4 heteroatoms. The van der Waals surface area contributed by atoms with Crippen LogP contribution in [0.15, 0.2) is 9.85 Å². The molecule has 0 aromatic carbocycles. The van der Waals surface area contributed by atoms with E-state index in [1.165, 1.54) is 0 Å². The molecule has 1 fully saturated rings. The summed E-state index contributed by atoms with van der Waals surface area (Å²) < 4.78 is 6.73. The lowest BCUT2D eigenvalue weighted by Gasteiger charge is -2.29. The highest BCUT2D eigenvalue weighted by molar-refractivity contribution is 9.11. The van der Waals surface area contributed by atoms with E-state index in [1.54, 1.807) is 11.3 Å². The molecule has 0 spiro atoms. The molecule has 1 aliphatic rings. The maximum Gasteiger partial charge on any atom is 0.109 e. The first-order chi connectivity index (χ1) is 7.03. The molecule has 2 rings (SSSR count). The Labute approximate surface area is 102 Å². The van der Waals surface area contributed by atoms with E-state index in [0.717, 1.165) is 33.7 Å². The van der Waals surface area contributed by atoms with Gasteiger partial charge in [-0.15, -0.1) is 11.3 Å². The van der Waals surface area contributed by atoms with E-state index in [-0.39, 0.29) is 0 Å². The minimum atomic E-state index is -0.512. The highest BCUT2D eigenvalue weighted by atomic mass is 79.9. The number of hydrogen-bond acceptors (Lipinski definition) is 3. The molecular weight excluding hydrogens is 276 g/mol. The third kappa shape index (κ3) is 2.13. The van der Waals surface area contributed by atoms with Crippen LogP contribution >= 0.6 is 27.3 Å². The Hall–Kier alpha value is 0.1000. The lowest BCUT2D eigenvalue weighted by molar-refractivity contribution is -0.0796. The Balaban J connectivity index is 2.27. The zero-order chi connectivity index (χ0) is 11.1. The van der Waals surface area contributed by atoms with Gasteiger partial charge in [0.05, 0.1) is 9.39 Å². The lowest BCUT2D eigenvalue weighted by Crippen LogP contribution is -2.32. The summed E-state index contributed by atoms with van der Waals surface area (Å²) in [6.07, 6.45) is 1.46. The lowest BCUT2D eigenvalue weighted by atomic mass is 9.91. The van der Waals surface area contributed by atoms with Crippen LogP contribution in [0, 0.1) is 6.92 Å². The van der Waals surface area contributed by atoms with Gasteiger partial charge in [-0.1, -0.05) is 0 Å². The average molecular weight is 291 g/mol. The standard InChI is InChI=1S/C11H15BrO2S/c1-7-8(6-9(12)15-7)10(13)11(2)4-3-5-14-11/h6,10,13H,3-5H2,1-2H3. The van der Waals surface area contributed by atoms with Crippen LogP contribution < -0.4 is 0 Å². The molecule has 1 aromatic heterocycles. The first kappa shape index (κ1) is 11.6. The van der Waals surface area contributed by atoms with Crippen molar-refractivity contribution in [2.24, 2.45) is 0 Å². The fourth-order valence-electron chi connectivity index (χ4n) is 2.08. The normalized spacial score (nSPS) is 28.3. The summed E-state index contributed by atoms with van der Waals surface area (Å²) in [7, 11) is 0. The summed E-state index contributed by atoms with van der Waals surface area (Å²) in [6, 6.07) is 2.00. The number of hydrogen-bond donors (Lipinski definition) is 1. The van der Waals surface area contributed by atoms with Crippen molar-refractivity contribution in [3.63, 3.8) is 0 Å². The molecule has 1 aliphatic heterocycles. The van der Waals surface area contributed by atoms with Crippen molar-refractivity contribution < 1.29 is 9.84 Å². The largest absolute Gasteiger partial charge is 0.385 e. The number of thiophene rings is 1. The van der Waals surface area contributed by atoms with E-state index in [2.05, 4.69) is 15.9 Å². The number of rotatable bonds is 2. The van der Waals surface area contributed by atoms with Gasteiger partial charge in [0.1, 0.15) is 6.10 Å². The van der Waals surface area contributed by atoms with Gasteiger partial charge in [-0.05, 0) is 54.2 Å². The molecule has 0 saturated carbocycles. The van der Waals surface area contributed by atoms with Gasteiger partial charge < -0.3 is 9.84 Å². The summed E-state index contributed by atoms with van der Waals surface area (Å²) in [6.45, 7) is 4.79. The van der Waals surface area contributed by atoms with Crippen LogP contribution in [-0.4, -0.2) is 17.3 Å². The highest BCUT2D eigenvalue weighted by Gasteiger charge is 2.39. The third-order valence-electron chi connectivity index (χ3n) is 3.05. The second-order valence-electron chi connectivity index (χ2n) is 4.23. The van der Waals surface area contributed by atoms with Crippen molar-refractivity contribution in [2.45, 2.75) is 38.4 Å². The Morgan fingerprint density at radius 1 is 1.67 bits per heavy atom. The number of aliphatic hydroxyl groups is 1. The molecule has 0 radical (unpaired) electrons. The van der Waals surface area contributed by atoms with Crippen LogP contribution in [0.4, 0.5) is 0 Å². The maximum atomic E-state index is 10.3. The van der Waals surface area contributed by atoms with E-state index < -0.39 is 11.7 Å². The van der Waals surface area contributed by atoms with Gasteiger partial charge in [-0.2, -0.15) is 0 Å². The van der Waals surface area contributed by atoms with Crippen LogP contribution in [0.2, 0.25) is 0 Å². The summed E-state index contributed by atoms with van der Waals surface area (Å²) >= 11 is 5.10. The van der Waals surface area contributed by atoms with E-state index in [9.17, 15) is 5.11 Å². The molecule has 1 N–H and O–H groups in total. The number of aliphatic hydroxyl groups excluding tert-OH is 1. The zero-order valence-corrected chi connectivity index (χ0v) is 11.3. The zero-order valence-electron chi connectivity index (χ0n) is 8.92. The highest BCUT2D eigenvalue weighted by Crippen LogP contribution is 2.41. The first-order valence-electron chi connectivity index (χ1n) is 5.11. The van der Waals surface area contributed by atoms with Gasteiger partial charge in [0.2, 0.25) is 0 Å². The van der Waals surface area contributed by atoms with E-state index in [1.807, 2.05) is 19.9 Å². The van der Waals surface area contributed by atoms with Crippen molar-refractivity contribution in [3.05, 3.63) is 20.3 Å². The molecule has 0 amide bonds. The van der Waals surface area contributed by atoms with Crippen molar-refractivity contribution in [2.75, 3.05) is 6.61 Å². The Bertz CT molecular complexity index is 355. The predicted octanol–water partition coefficient (Wildman–Crippen LogP) is 3.42. The summed E-state index contributed by atoms with van der Waals surface area (Å²) in [5.41, 5.74) is 0.599. The summed E-state index contributed by atoms with van der Waals surface area (Å²) in [4.78, 5) is 1.16. The number of aryl methyl sites for hydroxylation is 1. The molecule has 15 heavy (non-hydrogen) atoms. The second-order valence-corrected chi connectivity index (χ2v) is 6.86. The van der Waals surface area contributed by atoms with E-state index >= 15 is 0 Å². The summed E-state index contributed by atoms with van der Waals surface area (Å²) in [5.74, 6) is 0. The monoisotopic (exact) mass is 290 g/mol. The van der Waals surface area contributed by atoms with E-state index in [0.29, 0.717) is 0 Å². The van der Waals surface area contributed by atoms with Gasteiger partial charge in [-0.3, -0.25) is 0 Å². The van der Waals surface area contributed by atoms with Crippen LogP contribution in [0.5, 0.6) is 0 Å². The number of ether oxygens (including phenoxy) is 1. The molecule has 84 valence electrons.